The fourth-order valence-corrected chi connectivity index (χ4v) is 2.97. The van der Waals surface area contributed by atoms with E-state index in [4.69, 9.17) is 0 Å². The third-order valence-electron chi connectivity index (χ3n) is 4.27. The lowest BCUT2D eigenvalue weighted by molar-refractivity contribution is 0.0930. The van der Waals surface area contributed by atoms with Crippen molar-refractivity contribution in [3.05, 3.63) is 52.8 Å². The van der Waals surface area contributed by atoms with E-state index in [9.17, 15) is 4.79 Å². The van der Waals surface area contributed by atoms with Gasteiger partial charge >= 0.3 is 0 Å². The van der Waals surface area contributed by atoms with Gasteiger partial charge in [-0.3, -0.25) is 9.48 Å². The highest BCUT2D eigenvalue weighted by Crippen LogP contribution is 2.24. The summed E-state index contributed by atoms with van der Waals surface area (Å²) in [5.41, 5.74) is 4.67. The molecular formula is C17H21N3O. The van der Waals surface area contributed by atoms with E-state index >= 15 is 0 Å². The van der Waals surface area contributed by atoms with Gasteiger partial charge in [-0.25, -0.2) is 0 Å². The van der Waals surface area contributed by atoms with Crippen LogP contribution in [0.1, 0.15) is 53.0 Å². The molecule has 2 aromatic rings. The summed E-state index contributed by atoms with van der Waals surface area (Å²) in [5.74, 6) is -0.0831. The highest BCUT2D eigenvalue weighted by atomic mass is 16.2. The summed E-state index contributed by atoms with van der Waals surface area (Å²) in [7, 11) is 1.78. The Morgan fingerprint density at radius 1 is 1.24 bits per heavy atom. The summed E-state index contributed by atoms with van der Waals surface area (Å²) in [6.45, 7) is 2.03. The van der Waals surface area contributed by atoms with E-state index in [2.05, 4.69) is 28.6 Å². The van der Waals surface area contributed by atoms with Crippen LogP contribution in [0.4, 0.5) is 0 Å². The Morgan fingerprint density at radius 3 is 2.71 bits per heavy atom. The molecule has 1 aromatic carbocycles. The largest absolute Gasteiger partial charge is 0.344 e. The van der Waals surface area contributed by atoms with E-state index in [1.807, 2.05) is 6.92 Å². The molecule has 1 amide bonds. The number of aromatic nitrogens is 2. The zero-order chi connectivity index (χ0) is 14.8. The summed E-state index contributed by atoms with van der Waals surface area (Å²) in [4.78, 5) is 12.2. The van der Waals surface area contributed by atoms with Crippen LogP contribution in [0.2, 0.25) is 0 Å². The molecule has 4 heteroatoms. The summed E-state index contributed by atoms with van der Waals surface area (Å²) in [5, 5.41) is 7.08. The van der Waals surface area contributed by atoms with E-state index in [1.165, 1.54) is 36.0 Å². The zero-order valence-electron chi connectivity index (χ0n) is 12.6. The van der Waals surface area contributed by atoms with Gasteiger partial charge in [0.25, 0.3) is 5.91 Å². The normalized spacial score (nSPS) is 15.3. The minimum absolute atomic E-state index is 0.000346. The van der Waals surface area contributed by atoms with Gasteiger partial charge in [0.15, 0.2) is 0 Å². The molecule has 0 bridgehead atoms. The molecule has 1 aromatic heterocycles. The maximum absolute atomic E-state index is 12.2. The third kappa shape index (κ3) is 2.84. The second-order valence-electron chi connectivity index (χ2n) is 5.77. The number of fused-ring (bicyclic) bond motifs is 1. The molecule has 3 rings (SSSR count). The molecule has 0 fully saturated rings. The minimum atomic E-state index is -0.0831. The maximum Gasteiger partial charge on any atom is 0.270 e. The van der Waals surface area contributed by atoms with Crippen molar-refractivity contribution in [1.29, 1.82) is 0 Å². The second kappa shape index (κ2) is 5.72. The van der Waals surface area contributed by atoms with Crippen LogP contribution < -0.4 is 5.32 Å². The van der Waals surface area contributed by atoms with E-state index in [0.29, 0.717) is 5.69 Å². The third-order valence-corrected chi connectivity index (χ3v) is 4.27. The lowest BCUT2D eigenvalue weighted by Crippen LogP contribution is -2.28. The lowest BCUT2D eigenvalue weighted by Gasteiger charge is -2.20. The van der Waals surface area contributed by atoms with Gasteiger partial charge in [0.2, 0.25) is 0 Å². The summed E-state index contributed by atoms with van der Waals surface area (Å²) < 4.78 is 1.59. The molecule has 1 heterocycles. The van der Waals surface area contributed by atoms with Crippen LogP contribution in [0.5, 0.6) is 0 Å². The molecule has 1 N–H and O–H groups in total. The predicted octanol–water partition coefficient (Wildman–Crippen LogP) is 2.79. The molecule has 0 saturated carbocycles. The Balaban J connectivity index is 1.75. The molecule has 21 heavy (non-hydrogen) atoms. The smallest absolute Gasteiger partial charge is 0.270 e. The molecule has 0 saturated heterocycles. The van der Waals surface area contributed by atoms with Crippen LogP contribution in [0.3, 0.4) is 0 Å². The highest BCUT2D eigenvalue weighted by Gasteiger charge is 2.16. The lowest BCUT2D eigenvalue weighted by atomic mass is 9.89. The monoisotopic (exact) mass is 283 g/mol. The number of hydrogen-bond acceptors (Lipinski definition) is 2. The number of carbonyl (C=O) groups excluding carboxylic acids is 1. The number of hydrogen-bond donors (Lipinski definition) is 1. The zero-order valence-corrected chi connectivity index (χ0v) is 12.6. The van der Waals surface area contributed by atoms with Gasteiger partial charge in [0.1, 0.15) is 5.69 Å². The first-order valence-corrected chi connectivity index (χ1v) is 7.55. The quantitative estimate of drug-likeness (QED) is 0.941. The van der Waals surface area contributed by atoms with Crippen LogP contribution in [0.25, 0.3) is 0 Å². The van der Waals surface area contributed by atoms with Crippen molar-refractivity contribution in [2.24, 2.45) is 7.05 Å². The van der Waals surface area contributed by atoms with Crippen LogP contribution >= 0.6 is 0 Å². The second-order valence-corrected chi connectivity index (χ2v) is 5.77. The standard InChI is InChI=1S/C17H21N3O/c1-12(19-17(21)16-9-10-18-20(16)2)14-8-7-13-5-3-4-6-15(13)11-14/h7-12H,3-6H2,1-2H3,(H,19,21). The first-order valence-electron chi connectivity index (χ1n) is 7.55. The van der Waals surface area contributed by atoms with Crippen molar-refractivity contribution in [1.82, 2.24) is 15.1 Å². The summed E-state index contributed by atoms with van der Waals surface area (Å²) in [6, 6.07) is 8.34. The highest BCUT2D eigenvalue weighted by molar-refractivity contribution is 5.92. The van der Waals surface area contributed by atoms with Crippen molar-refractivity contribution in [2.75, 3.05) is 0 Å². The van der Waals surface area contributed by atoms with Crippen LogP contribution in [0, 0.1) is 0 Å². The molecule has 110 valence electrons. The van der Waals surface area contributed by atoms with Gasteiger partial charge in [-0.2, -0.15) is 5.10 Å². The number of nitrogens with one attached hydrogen (secondary N) is 1. The number of rotatable bonds is 3. The van der Waals surface area contributed by atoms with Gasteiger partial charge in [-0.15, -0.1) is 0 Å². The number of nitrogens with zero attached hydrogens (tertiary/aromatic N) is 2. The predicted molar refractivity (Wildman–Crippen MR) is 82.2 cm³/mol. The molecule has 1 aliphatic carbocycles. The van der Waals surface area contributed by atoms with Crippen molar-refractivity contribution >= 4 is 5.91 Å². The van der Waals surface area contributed by atoms with Gasteiger partial charge < -0.3 is 5.32 Å². The van der Waals surface area contributed by atoms with Gasteiger partial charge in [-0.05, 0) is 55.4 Å². The van der Waals surface area contributed by atoms with Crippen LogP contribution in [0.15, 0.2) is 30.5 Å². The molecular weight excluding hydrogens is 262 g/mol. The molecule has 0 aliphatic heterocycles. The minimum Gasteiger partial charge on any atom is -0.344 e. The molecule has 1 aliphatic rings. The van der Waals surface area contributed by atoms with E-state index in [1.54, 1.807) is 24.0 Å². The Bertz CT molecular complexity index is 660. The average Bonchev–Trinajstić information content (AvgIpc) is 2.93. The Hall–Kier alpha value is -2.10. The van der Waals surface area contributed by atoms with E-state index in [-0.39, 0.29) is 11.9 Å². The summed E-state index contributed by atoms with van der Waals surface area (Å²) >= 11 is 0. The average molecular weight is 283 g/mol. The number of amides is 1. The van der Waals surface area contributed by atoms with Crippen molar-refractivity contribution in [3.8, 4) is 0 Å². The SMILES string of the molecule is CC(NC(=O)c1ccnn1C)c1ccc2c(c1)CCCC2. The molecule has 4 nitrogen and oxygen atoms in total. The van der Waals surface area contributed by atoms with Crippen LogP contribution in [-0.4, -0.2) is 15.7 Å². The summed E-state index contributed by atoms with van der Waals surface area (Å²) in [6.07, 6.45) is 6.54. The molecule has 1 unspecified atom stereocenters. The first kappa shape index (κ1) is 13.9. The first-order chi connectivity index (χ1) is 10.1. The fourth-order valence-electron chi connectivity index (χ4n) is 2.97. The van der Waals surface area contributed by atoms with Gasteiger partial charge in [0, 0.05) is 13.2 Å². The maximum atomic E-state index is 12.2. The number of aryl methyl sites for hydroxylation is 3. The van der Waals surface area contributed by atoms with Crippen molar-refractivity contribution in [2.45, 2.75) is 38.6 Å². The topological polar surface area (TPSA) is 46.9 Å². The Labute approximate surface area is 125 Å². The van der Waals surface area contributed by atoms with Crippen molar-refractivity contribution in [3.63, 3.8) is 0 Å². The molecule has 0 spiro atoms. The number of carbonyl (C=O) groups is 1. The Kier molecular flexibility index (Phi) is 3.78. The molecule has 1 atom stereocenters. The van der Waals surface area contributed by atoms with Gasteiger partial charge in [-0.1, -0.05) is 18.2 Å². The Morgan fingerprint density at radius 2 is 2.00 bits per heavy atom. The van der Waals surface area contributed by atoms with E-state index < -0.39 is 0 Å². The van der Waals surface area contributed by atoms with Crippen molar-refractivity contribution < 1.29 is 4.79 Å². The fraction of sp³-hybridized carbons (Fsp3) is 0.412. The van der Waals surface area contributed by atoms with Gasteiger partial charge in [0.05, 0.1) is 6.04 Å². The van der Waals surface area contributed by atoms with E-state index in [0.717, 1.165) is 6.42 Å². The molecule has 0 radical (unpaired) electrons. The number of benzene rings is 1. The van der Waals surface area contributed by atoms with Crippen LogP contribution in [-0.2, 0) is 19.9 Å².